The maximum atomic E-state index is 13.7. The Morgan fingerprint density at radius 1 is 1.04 bits per heavy atom. The van der Waals surface area contributed by atoms with Crippen LogP contribution in [0.25, 0.3) is 21.7 Å². The summed E-state index contributed by atoms with van der Waals surface area (Å²) in [6.07, 6.45) is 3.61. The zero-order valence-electron chi connectivity index (χ0n) is 13.9. The van der Waals surface area contributed by atoms with Gasteiger partial charge in [0.1, 0.15) is 11.6 Å². The van der Waals surface area contributed by atoms with E-state index in [-0.39, 0.29) is 16.9 Å². The molecule has 1 aliphatic carbocycles. The first-order valence-corrected chi connectivity index (χ1v) is 8.61. The van der Waals surface area contributed by atoms with Gasteiger partial charge in [0.2, 0.25) is 0 Å². The van der Waals surface area contributed by atoms with Crippen LogP contribution in [-0.2, 0) is 5.54 Å². The molecule has 0 unspecified atom stereocenters. The minimum absolute atomic E-state index is 0.155. The Bertz CT molecular complexity index is 1200. The van der Waals surface area contributed by atoms with Crippen molar-refractivity contribution in [1.29, 1.82) is 0 Å². The monoisotopic (exact) mass is 345 g/mol. The van der Waals surface area contributed by atoms with E-state index in [0.29, 0.717) is 27.5 Å². The van der Waals surface area contributed by atoms with E-state index >= 15 is 0 Å². The number of H-pyrrole nitrogens is 1. The lowest BCUT2D eigenvalue weighted by Crippen LogP contribution is -2.20. The minimum Gasteiger partial charge on any atom is -0.360 e. The van der Waals surface area contributed by atoms with E-state index in [0.717, 1.165) is 12.8 Å². The van der Waals surface area contributed by atoms with Gasteiger partial charge in [-0.2, -0.15) is 0 Å². The van der Waals surface area contributed by atoms with Gasteiger partial charge in [0.25, 0.3) is 5.56 Å². The lowest BCUT2D eigenvalue weighted by Gasteiger charge is -2.20. The Balaban J connectivity index is 1.74. The molecular formula is C21H16FN3O. The number of fused-ring (bicyclic) bond motifs is 3. The standard InChI is InChI=1S/C21H16FN3O/c22-14-6-7-17-16(12-14)18-15(8-11-23-20(18)26)19(24-17)25-21(9-10-21)13-4-2-1-3-5-13/h1-8,11-12H,9-10H2,(H,23,26)(H,24,25). The first-order valence-electron chi connectivity index (χ1n) is 8.61. The number of nitrogens with zero attached hydrogens (tertiary/aromatic N) is 1. The second-order valence-electron chi connectivity index (χ2n) is 6.79. The molecule has 0 bridgehead atoms. The van der Waals surface area contributed by atoms with Crippen molar-refractivity contribution in [2.45, 2.75) is 18.4 Å². The van der Waals surface area contributed by atoms with Crippen molar-refractivity contribution in [2.24, 2.45) is 0 Å². The summed E-state index contributed by atoms with van der Waals surface area (Å²) in [7, 11) is 0. The van der Waals surface area contributed by atoms with Gasteiger partial charge in [0.05, 0.1) is 16.4 Å². The fourth-order valence-corrected chi connectivity index (χ4v) is 3.62. The minimum atomic E-state index is -0.382. The van der Waals surface area contributed by atoms with Crippen LogP contribution < -0.4 is 10.9 Å². The number of aromatic amines is 1. The van der Waals surface area contributed by atoms with E-state index in [2.05, 4.69) is 22.4 Å². The van der Waals surface area contributed by atoms with E-state index in [1.807, 2.05) is 24.3 Å². The summed E-state index contributed by atoms with van der Waals surface area (Å²) in [6.45, 7) is 0. The number of nitrogens with one attached hydrogen (secondary N) is 2. The summed E-state index contributed by atoms with van der Waals surface area (Å²) in [4.78, 5) is 19.9. The molecule has 1 fully saturated rings. The van der Waals surface area contributed by atoms with Crippen LogP contribution in [0.3, 0.4) is 0 Å². The molecule has 128 valence electrons. The van der Waals surface area contributed by atoms with Crippen LogP contribution >= 0.6 is 0 Å². The zero-order valence-corrected chi connectivity index (χ0v) is 13.9. The molecule has 0 atom stereocenters. The average Bonchev–Trinajstić information content (AvgIpc) is 3.44. The van der Waals surface area contributed by atoms with Gasteiger partial charge in [-0.15, -0.1) is 0 Å². The normalized spacial score (nSPS) is 15.3. The van der Waals surface area contributed by atoms with Crippen molar-refractivity contribution in [3.8, 4) is 0 Å². The first-order chi connectivity index (χ1) is 12.7. The molecule has 0 aliphatic heterocycles. The van der Waals surface area contributed by atoms with Crippen molar-refractivity contribution in [1.82, 2.24) is 9.97 Å². The van der Waals surface area contributed by atoms with Crippen LogP contribution in [-0.4, -0.2) is 9.97 Å². The quantitative estimate of drug-likeness (QED) is 0.544. The van der Waals surface area contributed by atoms with Crippen molar-refractivity contribution in [3.05, 3.63) is 82.5 Å². The number of rotatable bonds is 3. The molecule has 5 heteroatoms. The maximum Gasteiger partial charge on any atom is 0.256 e. The van der Waals surface area contributed by atoms with Gasteiger partial charge < -0.3 is 10.3 Å². The maximum absolute atomic E-state index is 13.7. The molecule has 4 nitrogen and oxygen atoms in total. The van der Waals surface area contributed by atoms with E-state index in [1.165, 1.54) is 17.7 Å². The molecule has 2 heterocycles. The number of hydrogen-bond donors (Lipinski definition) is 2. The molecular weight excluding hydrogens is 329 g/mol. The highest BCUT2D eigenvalue weighted by Crippen LogP contribution is 2.48. The second-order valence-corrected chi connectivity index (χ2v) is 6.79. The van der Waals surface area contributed by atoms with Crippen LogP contribution in [0, 0.1) is 5.82 Å². The molecule has 2 N–H and O–H groups in total. The molecule has 2 aromatic heterocycles. The smallest absolute Gasteiger partial charge is 0.256 e. The lowest BCUT2D eigenvalue weighted by atomic mass is 10.0. The highest BCUT2D eigenvalue weighted by Gasteiger charge is 2.44. The molecule has 0 saturated heterocycles. The third-order valence-corrected chi connectivity index (χ3v) is 5.11. The Morgan fingerprint density at radius 3 is 2.62 bits per heavy atom. The van der Waals surface area contributed by atoms with E-state index < -0.39 is 0 Å². The van der Waals surface area contributed by atoms with Gasteiger partial charge in [-0.05, 0) is 42.7 Å². The molecule has 0 amide bonds. The zero-order chi connectivity index (χ0) is 17.7. The number of benzene rings is 2. The molecule has 5 rings (SSSR count). The van der Waals surface area contributed by atoms with Gasteiger partial charge in [0.15, 0.2) is 0 Å². The second kappa shape index (κ2) is 5.39. The third-order valence-electron chi connectivity index (χ3n) is 5.11. The first kappa shape index (κ1) is 15.1. The van der Waals surface area contributed by atoms with Crippen LogP contribution in [0.2, 0.25) is 0 Å². The van der Waals surface area contributed by atoms with Crippen LogP contribution in [0.1, 0.15) is 18.4 Å². The molecule has 0 spiro atoms. The Morgan fingerprint density at radius 2 is 1.85 bits per heavy atom. The SMILES string of the molecule is O=c1[nH]ccc2c(NC3(c4ccccc4)CC3)nc3ccc(F)cc3c12. The van der Waals surface area contributed by atoms with Gasteiger partial charge in [-0.3, -0.25) is 4.79 Å². The largest absolute Gasteiger partial charge is 0.360 e. The fraction of sp³-hybridized carbons (Fsp3) is 0.143. The molecule has 26 heavy (non-hydrogen) atoms. The molecule has 4 aromatic rings. The summed E-state index contributed by atoms with van der Waals surface area (Å²) in [6, 6.07) is 16.4. The average molecular weight is 345 g/mol. The van der Waals surface area contributed by atoms with Gasteiger partial charge in [-0.1, -0.05) is 30.3 Å². The lowest BCUT2D eigenvalue weighted by molar-refractivity contribution is 0.629. The Labute approximate surface area is 148 Å². The number of pyridine rings is 2. The number of anilines is 1. The fourth-order valence-electron chi connectivity index (χ4n) is 3.62. The summed E-state index contributed by atoms with van der Waals surface area (Å²) in [5.41, 5.74) is 1.41. The van der Waals surface area contributed by atoms with Crippen LogP contribution in [0.4, 0.5) is 10.2 Å². The van der Waals surface area contributed by atoms with E-state index in [1.54, 1.807) is 12.3 Å². The molecule has 1 aliphatic rings. The molecule has 0 radical (unpaired) electrons. The number of aromatic nitrogens is 2. The van der Waals surface area contributed by atoms with Crippen LogP contribution in [0.5, 0.6) is 0 Å². The van der Waals surface area contributed by atoms with Crippen LogP contribution in [0.15, 0.2) is 65.6 Å². The predicted molar refractivity (Wildman–Crippen MR) is 101 cm³/mol. The van der Waals surface area contributed by atoms with Gasteiger partial charge in [-0.25, -0.2) is 9.37 Å². The predicted octanol–water partition coefficient (Wildman–Crippen LogP) is 4.32. The summed E-state index contributed by atoms with van der Waals surface area (Å²) in [5.74, 6) is 0.277. The topological polar surface area (TPSA) is 57.8 Å². The van der Waals surface area contributed by atoms with Crippen molar-refractivity contribution < 1.29 is 4.39 Å². The van der Waals surface area contributed by atoms with Crippen molar-refractivity contribution >= 4 is 27.5 Å². The molecule has 2 aromatic carbocycles. The summed E-state index contributed by atoms with van der Waals surface area (Å²) < 4.78 is 13.7. The third kappa shape index (κ3) is 2.28. The highest BCUT2D eigenvalue weighted by atomic mass is 19.1. The van der Waals surface area contributed by atoms with E-state index in [9.17, 15) is 9.18 Å². The number of hydrogen-bond acceptors (Lipinski definition) is 3. The summed E-state index contributed by atoms with van der Waals surface area (Å²) in [5, 5.41) is 5.25. The highest BCUT2D eigenvalue weighted by molar-refractivity contribution is 6.09. The van der Waals surface area contributed by atoms with Gasteiger partial charge >= 0.3 is 0 Å². The van der Waals surface area contributed by atoms with Gasteiger partial charge in [0, 0.05) is 17.0 Å². The van der Waals surface area contributed by atoms with Crippen molar-refractivity contribution in [3.63, 3.8) is 0 Å². The Hall–Kier alpha value is -3.21. The Kier molecular flexibility index (Phi) is 3.13. The van der Waals surface area contributed by atoms with E-state index in [4.69, 9.17) is 4.98 Å². The summed E-state index contributed by atoms with van der Waals surface area (Å²) >= 11 is 0. The number of halogens is 1. The van der Waals surface area contributed by atoms with Crippen molar-refractivity contribution in [2.75, 3.05) is 5.32 Å². The molecule has 1 saturated carbocycles.